The number of anilines is 1. The summed E-state index contributed by atoms with van der Waals surface area (Å²) in [6, 6.07) is 15.6. The van der Waals surface area contributed by atoms with Gasteiger partial charge in [0.05, 0.1) is 24.3 Å². The summed E-state index contributed by atoms with van der Waals surface area (Å²) >= 11 is 0. The van der Waals surface area contributed by atoms with Crippen molar-refractivity contribution in [3.8, 4) is 5.75 Å². The first-order chi connectivity index (χ1) is 23.0. The number of benzene rings is 3. The summed E-state index contributed by atoms with van der Waals surface area (Å²) in [5.74, 6) is -3.51. The SMILES string of the molecule is COc1cc(C(=O)NS(=O)(=O)c2ccccc2C)ccc1C(C(=O)NCCC(=O)O)c1c[nH]c2ccc(NC(=O)OC3CCCC3)cc12. The van der Waals surface area contributed by atoms with Gasteiger partial charge in [0.15, 0.2) is 0 Å². The van der Waals surface area contributed by atoms with E-state index in [9.17, 15) is 27.6 Å². The molecule has 1 atom stereocenters. The number of amides is 3. The summed E-state index contributed by atoms with van der Waals surface area (Å²) in [7, 11) is -2.85. The third-order valence-corrected chi connectivity index (χ3v) is 9.66. The van der Waals surface area contributed by atoms with Crippen molar-refractivity contribution < 1.29 is 42.2 Å². The summed E-state index contributed by atoms with van der Waals surface area (Å²) < 4.78 is 39.1. The second-order valence-corrected chi connectivity index (χ2v) is 13.1. The van der Waals surface area contributed by atoms with Crippen molar-refractivity contribution in [2.24, 2.45) is 0 Å². The Morgan fingerprint density at radius 2 is 1.75 bits per heavy atom. The smallest absolute Gasteiger partial charge is 0.411 e. The molecule has 0 radical (unpaired) electrons. The molecule has 1 saturated carbocycles. The van der Waals surface area contributed by atoms with Gasteiger partial charge in [0.1, 0.15) is 11.9 Å². The number of carbonyl (C=O) groups excluding carboxylic acids is 3. The molecule has 3 aromatic carbocycles. The van der Waals surface area contributed by atoms with Gasteiger partial charge in [0, 0.05) is 40.5 Å². The summed E-state index contributed by atoms with van der Waals surface area (Å²) in [6.07, 6.45) is 4.26. The molecule has 13 nitrogen and oxygen atoms in total. The number of methoxy groups -OCH3 is 1. The van der Waals surface area contributed by atoms with E-state index in [0.29, 0.717) is 33.3 Å². The highest BCUT2D eigenvalue weighted by molar-refractivity contribution is 7.90. The van der Waals surface area contributed by atoms with E-state index >= 15 is 0 Å². The zero-order valence-electron chi connectivity index (χ0n) is 26.4. The molecule has 48 heavy (non-hydrogen) atoms. The lowest BCUT2D eigenvalue weighted by Gasteiger charge is -2.20. The number of sulfonamides is 1. The molecule has 252 valence electrons. The van der Waals surface area contributed by atoms with E-state index in [1.54, 1.807) is 49.5 Å². The predicted octanol–water partition coefficient (Wildman–Crippen LogP) is 4.82. The zero-order valence-corrected chi connectivity index (χ0v) is 27.2. The molecule has 1 heterocycles. The number of aliphatic carboxylic acids is 1. The molecule has 3 amide bonds. The number of ether oxygens (including phenoxy) is 2. The second-order valence-electron chi connectivity index (χ2n) is 11.5. The van der Waals surface area contributed by atoms with Gasteiger partial charge in [-0.15, -0.1) is 0 Å². The number of aromatic nitrogens is 1. The minimum Gasteiger partial charge on any atom is -0.496 e. The van der Waals surface area contributed by atoms with Gasteiger partial charge in [-0.25, -0.2) is 17.9 Å². The third kappa shape index (κ3) is 7.77. The summed E-state index contributed by atoms with van der Waals surface area (Å²) in [5.41, 5.74) is 2.31. The zero-order chi connectivity index (χ0) is 34.4. The van der Waals surface area contributed by atoms with Crippen LogP contribution in [0, 0.1) is 6.92 Å². The van der Waals surface area contributed by atoms with Crippen LogP contribution in [0.2, 0.25) is 0 Å². The van der Waals surface area contributed by atoms with E-state index in [2.05, 4.69) is 20.3 Å². The first-order valence-corrected chi connectivity index (χ1v) is 16.8. The Balaban J connectivity index is 1.48. The monoisotopic (exact) mass is 676 g/mol. The number of rotatable bonds is 12. The Morgan fingerprint density at radius 1 is 1.00 bits per heavy atom. The molecule has 1 aliphatic rings. The summed E-state index contributed by atoms with van der Waals surface area (Å²) in [6.45, 7) is 1.47. The van der Waals surface area contributed by atoms with Crippen LogP contribution in [0.25, 0.3) is 10.9 Å². The molecule has 0 spiro atoms. The quantitative estimate of drug-likeness (QED) is 0.140. The molecule has 1 unspecified atom stereocenters. The van der Waals surface area contributed by atoms with E-state index < -0.39 is 39.8 Å². The van der Waals surface area contributed by atoms with Gasteiger partial charge in [-0.05, 0) is 80.1 Å². The number of aryl methyl sites for hydroxylation is 1. The van der Waals surface area contributed by atoms with Crippen LogP contribution in [0.4, 0.5) is 10.5 Å². The van der Waals surface area contributed by atoms with E-state index in [0.717, 1.165) is 25.7 Å². The van der Waals surface area contributed by atoms with E-state index in [-0.39, 0.29) is 35.3 Å². The maximum absolute atomic E-state index is 13.8. The van der Waals surface area contributed by atoms with Gasteiger partial charge < -0.3 is 24.9 Å². The minimum absolute atomic E-state index is 0.0380. The van der Waals surface area contributed by atoms with Crippen molar-refractivity contribution in [2.45, 2.75) is 55.9 Å². The molecule has 0 bridgehead atoms. The molecular weight excluding hydrogens is 640 g/mol. The average Bonchev–Trinajstić information content (AvgIpc) is 3.71. The molecular formula is C34H36N4O9S. The molecule has 0 saturated heterocycles. The lowest BCUT2D eigenvalue weighted by Crippen LogP contribution is -2.32. The van der Waals surface area contributed by atoms with Crippen molar-refractivity contribution in [3.05, 3.63) is 89.1 Å². The Morgan fingerprint density at radius 3 is 2.46 bits per heavy atom. The molecule has 5 N–H and O–H groups in total. The van der Waals surface area contributed by atoms with Crippen molar-refractivity contribution in [1.29, 1.82) is 0 Å². The van der Waals surface area contributed by atoms with Crippen LogP contribution in [0.5, 0.6) is 5.75 Å². The van der Waals surface area contributed by atoms with Crippen molar-refractivity contribution >= 4 is 50.5 Å². The normalized spacial score (nSPS) is 13.9. The van der Waals surface area contributed by atoms with Crippen LogP contribution in [0.3, 0.4) is 0 Å². The van der Waals surface area contributed by atoms with Crippen LogP contribution in [-0.2, 0) is 24.3 Å². The largest absolute Gasteiger partial charge is 0.496 e. The molecule has 0 aliphatic heterocycles. The maximum Gasteiger partial charge on any atom is 0.411 e. The van der Waals surface area contributed by atoms with Crippen molar-refractivity contribution in [3.63, 3.8) is 0 Å². The minimum atomic E-state index is -4.19. The Bertz CT molecular complexity index is 1970. The highest BCUT2D eigenvalue weighted by Crippen LogP contribution is 2.37. The molecule has 1 fully saturated rings. The van der Waals surface area contributed by atoms with Gasteiger partial charge in [-0.3, -0.25) is 19.7 Å². The predicted molar refractivity (Wildman–Crippen MR) is 177 cm³/mol. The number of carboxylic acids is 1. The Labute approximate surface area is 277 Å². The topological polar surface area (TPSA) is 193 Å². The average molecular weight is 677 g/mol. The summed E-state index contributed by atoms with van der Waals surface area (Å²) in [4.78, 5) is 53.7. The molecule has 4 aromatic rings. The van der Waals surface area contributed by atoms with Crippen molar-refractivity contribution in [1.82, 2.24) is 15.0 Å². The fourth-order valence-electron chi connectivity index (χ4n) is 5.79. The van der Waals surface area contributed by atoms with E-state index in [1.165, 1.54) is 31.4 Å². The van der Waals surface area contributed by atoms with Crippen LogP contribution in [-0.4, -0.2) is 62.1 Å². The Hall–Kier alpha value is -5.37. The van der Waals surface area contributed by atoms with Crippen LogP contribution < -0.4 is 20.1 Å². The Kier molecular flexibility index (Phi) is 10.3. The highest BCUT2D eigenvalue weighted by atomic mass is 32.2. The molecule has 1 aromatic heterocycles. The number of carbonyl (C=O) groups is 4. The summed E-state index contributed by atoms with van der Waals surface area (Å²) in [5, 5.41) is 15.1. The van der Waals surface area contributed by atoms with Gasteiger partial charge in [-0.1, -0.05) is 24.3 Å². The fraction of sp³-hybridized carbons (Fsp3) is 0.294. The van der Waals surface area contributed by atoms with Gasteiger partial charge in [0.25, 0.3) is 15.9 Å². The van der Waals surface area contributed by atoms with Crippen LogP contribution >= 0.6 is 0 Å². The van der Waals surface area contributed by atoms with Gasteiger partial charge in [-0.2, -0.15) is 0 Å². The number of carboxylic acid groups (broad SMARTS) is 1. The van der Waals surface area contributed by atoms with Crippen LogP contribution in [0.1, 0.15) is 65.1 Å². The standard InChI is InChI=1S/C34H36N4O9S/c1-20-7-3-6-10-29(20)48(44,45)38-32(41)21-11-13-24(28(17-21)46-2)31(33(42)35-16-15-30(39)40)26-19-36-27-14-12-22(18-25(26)27)37-34(43)47-23-8-4-5-9-23/h3,6-7,10-14,17-19,23,31,36H,4-5,8-9,15-16H2,1-2H3,(H,35,42)(H,37,43)(H,38,41)(H,39,40). The molecule has 14 heteroatoms. The number of nitrogens with one attached hydrogen (secondary N) is 4. The highest BCUT2D eigenvalue weighted by Gasteiger charge is 2.30. The van der Waals surface area contributed by atoms with Gasteiger partial charge >= 0.3 is 12.1 Å². The number of hydrogen-bond acceptors (Lipinski definition) is 8. The second kappa shape index (κ2) is 14.6. The van der Waals surface area contributed by atoms with E-state index in [1.807, 2.05) is 0 Å². The maximum atomic E-state index is 13.8. The third-order valence-electron chi connectivity index (χ3n) is 8.16. The molecule has 5 rings (SSSR count). The first-order valence-electron chi connectivity index (χ1n) is 15.4. The van der Waals surface area contributed by atoms with Crippen molar-refractivity contribution in [2.75, 3.05) is 19.0 Å². The van der Waals surface area contributed by atoms with Crippen LogP contribution in [0.15, 0.2) is 71.8 Å². The molecule has 1 aliphatic carbocycles. The fourth-order valence-corrected chi connectivity index (χ4v) is 7.01. The van der Waals surface area contributed by atoms with E-state index in [4.69, 9.17) is 14.6 Å². The first kappa shape index (κ1) is 34.0. The number of hydrogen-bond donors (Lipinski definition) is 5. The van der Waals surface area contributed by atoms with Gasteiger partial charge in [0.2, 0.25) is 5.91 Å². The number of H-pyrrole nitrogens is 1. The number of aromatic amines is 1. The number of fused-ring (bicyclic) bond motifs is 1. The lowest BCUT2D eigenvalue weighted by molar-refractivity contribution is -0.136. The lowest BCUT2D eigenvalue weighted by atomic mass is 9.88.